The number of nitrogens with two attached hydrogens (primary N) is 1. The van der Waals surface area contributed by atoms with E-state index < -0.39 is 10.0 Å². The van der Waals surface area contributed by atoms with Gasteiger partial charge in [-0.25, -0.2) is 12.7 Å². The number of nitrogen functional groups attached to an aromatic ring is 1. The zero-order chi connectivity index (χ0) is 13.2. The van der Waals surface area contributed by atoms with Crippen molar-refractivity contribution in [2.75, 3.05) is 19.8 Å². The smallest absolute Gasteiger partial charge is 0.243 e. The first-order chi connectivity index (χ1) is 7.84. The SMILES string of the molecule is CN(C)S(=O)(=O)c1cc(C#N)c(N)cc1C#N. The molecule has 2 N–H and O–H groups in total. The molecule has 1 aromatic rings. The van der Waals surface area contributed by atoms with E-state index in [0.717, 1.165) is 10.4 Å². The summed E-state index contributed by atoms with van der Waals surface area (Å²) >= 11 is 0. The quantitative estimate of drug-likeness (QED) is 0.757. The van der Waals surface area contributed by atoms with Gasteiger partial charge in [-0.05, 0) is 12.1 Å². The van der Waals surface area contributed by atoms with Crippen molar-refractivity contribution >= 4 is 15.7 Å². The number of nitriles is 2. The highest BCUT2D eigenvalue weighted by molar-refractivity contribution is 7.89. The molecule has 7 heteroatoms. The average molecular weight is 250 g/mol. The van der Waals surface area contributed by atoms with Crippen LogP contribution in [0.3, 0.4) is 0 Å². The summed E-state index contributed by atoms with van der Waals surface area (Å²) in [5.74, 6) is 0. The van der Waals surface area contributed by atoms with Crippen LogP contribution in [0.1, 0.15) is 11.1 Å². The van der Waals surface area contributed by atoms with Gasteiger partial charge in [-0.2, -0.15) is 10.5 Å². The van der Waals surface area contributed by atoms with Crippen LogP contribution in [0, 0.1) is 22.7 Å². The molecule has 1 aromatic carbocycles. The van der Waals surface area contributed by atoms with E-state index in [1.165, 1.54) is 20.2 Å². The van der Waals surface area contributed by atoms with E-state index in [2.05, 4.69) is 0 Å². The van der Waals surface area contributed by atoms with E-state index in [0.29, 0.717) is 0 Å². The van der Waals surface area contributed by atoms with Crippen molar-refractivity contribution in [1.82, 2.24) is 4.31 Å². The number of rotatable bonds is 2. The highest BCUT2D eigenvalue weighted by atomic mass is 32.2. The van der Waals surface area contributed by atoms with Gasteiger partial charge in [-0.3, -0.25) is 0 Å². The Balaban J connectivity index is 3.67. The molecule has 1 rings (SSSR count). The van der Waals surface area contributed by atoms with Gasteiger partial charge >= 0.3 is 0 Å². The van der Waals surface area contributed by atoms with Gasteiger partial charge in [0.25, 0.3) is 0 Å². The maximum absolute atomic E-state index is 11.9. The van der Waals surface area contributed by atoms with Crippen LogP contribution in [0.15, 0.2) is 17.0 Å². The molecule has 0 spiro atoms. The lowest BCUT2D eigenvalue weighted by molar-refractivity contribution is 0.520. The molecule has 0 aliphatic carbocycles. The van der Waals surface area contributed by atoms with Gasteiger partial charge in [0.15, 0.2) is 0 Å². The zero-order valence-electron chi connectivity index (χ0n) is 9.30. The third-order valence-corrected chi connectivity index (χ3v) is 4.01. The Kier molecular flexibility index (Phi) is 3.37. The van der Waals surface area contributed by atoms with Gasteiger partial charge in [-0.15, -0.1) is 0 Å². The Morgan fingerprint density at radius 3 is 2.12 bits per heavy atom. The largest absolute Gasteiger partial charge is 0.398 e. The first kappa shape index (κ1) is 13.0. The minimum Gasteiger partial charge on any atom is -0.398 e. The van der Waals surface area contributed by atoms with Crippen molar-refractivity contribution in [3.63, 3.8) is 0 Å². The first-order valence-corrected chi connectivity index (χ1v) is 5.95. The standard InChI is InChI=1S/C10H10N4O2S/c1-14(2)17(15,16)10-4-7(5-11)9(13)3-8(10)6-12/h3-4H,13H2,1-2H3. The molecule has 0 atom stereocenters. The molecule has 0 unspecified atom stereocenters. The second kappa shape index (κ2) is 4.42. The molecule has 88 valence electrons. The Morgan fingerprint density at radius 2 is 1.71 bits per heavy atom. The molecule has 0 aliphatic heterocycles. The monoisotopic (exact) mass is 250 g/mol. The fraction of sp³-hybridized carbons (Fsp3) is 0.200. The maximum Gasteiger partial charge on any atom is 0.243 e. The molecule has 17 heavy (non-hydrogen) atoms. The molecule has 0 saturated heterocycles. The second-order valence-electron chi connectivity index (χ2n) is 3.45. The number of benzene rings is 1. The van der Waals surface area contributed by atoms with Crippen molar-refractivity contribution in [1.29, 1.82) is 10.5 Å². The van der Waals surface area contributed by atoms with Crippen molar-refractivity contribution in [3.8, 4) is 12.1 Å². The Labute approximate surface area is 99.5 Å². The highest BCUT2D eigenvalue weighted by Crippen LogP contribution is 2.23. The Morgan fingerprint density at radius 1 is 1.18 bits per heavy atom. The minimum atomic E-state index is -3.76. The second-order valence-corrected chi connectivity index (χ2v) is 5.57. The van der Waals surface area contributed by atoms with Gasteiger partial charge in [0, 0.05) is 14.1 Å². The molecule has 0 amide bonds. The number of nitrogens with zero attached hydrogens (tertiary/aromatic N) is 3. The molecule has 0 aromatic heterocycles. The summed E-state index contributed by atoms with van der Waals surface area (Å²) in [6.45, 7) is 0. The topological polar surface area (TPSA) is 111 Å². The lowest BCUT2D eigenvalue weighted by atomic mass is 10.1. The van der Waals surface area contributed by atoms with E-state index in [1.54, 1.807) is 12.1 Å². The van der Waals surface area contributed by atoms with Crippen molar-refractivity contribution < 1.29 is 8.42 Å². The molecular weight excluding hydrogens is 240 g/mol. The van der Waals surface area contributed by atoms with Crippen LogP contribution in [0.2, 0.25) is 0 Å². The summed E-state index contributed by atoms with van der Waals surface area (Å²) < 4.78 is 24.8. The molecule has 0 radical (unpaired) electrons. The van der Waals surface area contributed by atoms with Gasteiger partial charge < -0.3 is 5.73 Å². The van der Waals surface area contributed by atoms with Crippen molar-refractivity contribution in [3.05, 3.63) is 23.3 Å². The van der Waals surface area contributed by atoms with E-state index in [9.17, 15) is 8.42 Å². The summed E-state index contributed by atoms with van der Waals surface area (Å²) in [6, 6.07) is 5.84. The van der Waals surface area contributed by atoms with Crippen LogP contribution < -0.4 is 5.73 Å². The molecular formula is C10H10N4O2S. The lowest BCUT2D eigenvalue weighted by Crippen LogP contribution is -2.23. The first-order valence-electron chi connectivity index (χ1n) is 4.51. The van der Waals surface area contributed by atoms with Crippen LogP contribution in [0.25, 0.3) is 0 Å². The van der Waals surface area contributed by atoms with Crippen molar-refractivity contribution in [2.45, 2.75) is 4.90 Å². The summed E-state index contributed by atoms with van der Waals surface area (Å²) in [5.41, 5.74) is 5.56. The fourth-order valence-electron chi connectivity index (χ4n) is 1.19. The van der Waals surface area contributed by atoms with Crippen molar-refractivity contribution in [2.24, 2.45) is 0 Å². The zero-order valence-corrected chi connectivity index (χ0v) is 10.1. The summed E-state index contributed by atoms with van der Waals surface area (Å²) in [6.07, 6.45) is 0. The summed E-state index contributed by atoms with van der Waals surface area (Å²) in [5, 5.41) is 17.7. The van der Waals surface area contributed by atoms with E-state index in [1.807, 2.05) is 0 Å². The van der Waals surface area contributed by atoms with Gasteiger partial charge in [-0.1, -0.05) is 0 Å². The maximum atomic E-state index is 11.9. The van der Waals surface area contributed by atoms with Crippen LogP contribution in [-0.4, -0.2) is 26.8 Å². The van der Waals surface area contributed by atoms with Gasteiger partial charge in [0.05, 0.1) is 16.8 Å². The summed E-state index contributed by atoms with van der Waals surface area (Å²) in [7, 11) is -1.07. The average Bonchev–Trinajstić information content (AvgIpc) is 2.27. The van der Waals surface area contributed by atoms with Gasteiger partial charge in [0.1, 0.15) is 17.0 Å². The molecule has 6 nitrogen and oxygen atoms in total. The van der Waals surface area contributed by atoms with E-state index in [-0.39, 0.29) is 21.7 Å². The third-order valence-electron chi connectivity index (χ3n) is 2.15. The highest BCUT2D eigenvalue weighted by Gasteiger charge is 2.23. The predicted octanol–water partition coefficient (Wildman–Crippen LogP) is 0.262. The fourth-order valence-corrected chi connectivity index (χ4v) is 2.23. The predicted molar refractivity (Wildman–Crippen MR) is 61.2 cm³/mol. The third kappa shape index (κ3) is 2.21. The van der Waals surface area contributed by atoms with Crippen LogP contribution in [0.4, 0.5) is 5.69 Å². The lowest BCUT2D eigenvalue weighted by Gasteiger charge is -2.13. The van der Waals surface area contributed by atoms with Crippen LogP contribution >= 0.6 is 0 Å². The number of sulfonamides is 1. The van der Waals surface area contributed by atoms with Crippen LogP contribution in [-0.2, 0) is 10.0 Å². The van der Waals surface area contributed by atoms with E-state index in [4.69, 9.17) is 16.3 Å². The number of hydrogen-bond donors (Lipinski definition) is 1. The van der Waals surface area contributed by atoms with Crippen LogP contribution in [0.5, 0.6) is 0 Å². The Bertz CT molecular complexity index is 635. The van der Waals surface area contributed by atoms with Gasteiger partial charge in [0.2, 0.25) is 10.0 Å². The molecule has 0 saturated carbocycles. The van der Waals surface area contributed by atoms with E-state index >= 15 is 0 Å². The molecule has 0 bridgehead atoms. The number of hydrogen-bond acceptors (Lipinski definition) is 5. The molecule has 0 heterocycles. The summed E-state index contributed by atoms with van der Waals surface area (Å²) in [4.78, 5) is -0.212. The minimum absolute atomic E-state index is 0.0319. The molecule has 0 fully saturated rings. The normalized spacial score (nSPS) is 10.9. The Hall–Kier alpha value is -2.09. The molecule has 0 aliphatic rings. The number of anilines is 1.